The first-order chi connectivity index (χ1) is 5.65. The summed E-state index contributed by atoms with van der Waals surface area (Å²) in [6, 6.07) is 5.70. The van der Waals surface area contributed by atoms with Crippen molar-refractivity contribution in [3.63, 3.8) is 0 Å². The van der Waals surface area contributed by atoms with Crippen LogP contribution in [0.1, 0.15) is 11.5 Å². The van der Waals surface area contributed by atoms with Crippen molar-refractivity contribution in [2.24, 2.45) is 0 Å². The van der Waals surface area contributed by atoms with E-state index in [9.17, 15) is 0 Å². The molecule has 0 spiro atoms. The molecule has 0 saturated heterocycles. The van der Waals surface area contributed by atoms with E-state index >= 15 is 0 Å². The minimum Gasteiger partial charge on any atom is -0.396 e. The van der Waals surface area contributed by atoms with Crippen molar-refractivity contribution in [3.8, 4) is 0 Å². The lowest BCUT2D eigenvalue weighted by atomic mass is 10.0. The maximum absolute atomic E-state index is 8.84. The Morgan fingerprint density at radius 1 is 1.58 bits per heavy atom. The summed E-state index contributed by atoms with van der Waals surface area (Å²) in [5.41, 5.74) is 0.975. The van der Waals surface area contributed by atoms with Crippen LogP contribution in [-0.4, -0.2) is 11.7 Å². The number of aliphatic hydroxyl groups excluding tert-OH is 1. The Kier molecular flexibility index (Phi) is 3.80. The number of rotatable bonds is 2. The van der Waals surface area contributed by atoms with E-state index in [2.05, 4.69) is 29.5 Å². The van der Waals surface area contributed by atoms with E-state index < -0.39 is 0 Å². The minimum atomic E-state index is -0.0838. The molecule has 0 aliphatic carbocycles. The predicted molar refractivity (Wildman–Crippen MR) is 59.4 cm³/mol. The van der Waals surface area contributed by atoms with Gasteiger partial charge in [-0.1, -0.05) is 17.7 Å². The molecule has 1 N–H and O–H groups in total. The van der Waals surface area contributed by atoms with Gasteiger partial charge in [-0.3, -0.25) is 0 Å². The molecule has 1 rings (SSSR count). The maximum Gasteiger partial charge on any atom is 0.0542 e. The molecule has 1 nitrogen and oxygen atoms in total. The minimum absolute atomic E-state index is 0.0525. The lowest BCUT2D eigenvalue weighted by Crippen LogP contribution is -1.98. The molecule has 0 fully saturated rings. The zero-order valence-electron chi connectivity index (χ0n) is 6.43. The van der Waals surface area contributed by atoms with Gasteiger partial charge in [-0.25, -0.2) is 0 Å². The third-order valence-corrected chi connectivity index (χ3v) is 3.21. The van der Waals surface area contributed by atoms with Gasteiger partial charge in [-0.15, -0.1) is 0 Å². The normalized spacial score (nSPS) is 13.0. The molecule has 1 atom stereocenters. The smallest absolute Gasteiger partial charge is 0.0542 e. The first-order valence-corrected chi connectivity index (χ1v) is 4.99. The van der Waals surface area contributed by atoms with Gasteiger partial charge in [0.2, 0.25) is 0 Å². The molecule has 65 valence electrons. The molecule has 3 heteroatoms. The first kappa shape index (κ1) is 10.3. The highest BCUT2D eigenvalue weighted by molar-refractivity contribution is 14.1. The molecule has 1 aromatic rings. The second-order valence-electron chi connectivity index (χ2n) is 2.55. The van der Waals surface area contributed by atoms with Crippen molar-refractivity contribution in [3.05, 3.63) is 39.3 Å². The molecule has 1 unspecified atom stereocenters. The van der Waals surface area contributed by atoms with Crippen LogP contribution >= 0.6 is 34.2 Å². The SMILES string of the molecule is [CH2]C(CO)c1ccc(I)c(Cl)c1. The molecule has 1 aromatic carbocycles. The van der Waals surface area contributed by atoms with Gasteiger partial charge in [0, 0.05) is 16.1 Å². The first-order valence-electron chi connectivity index (χ1n) is 3.54. The second-order valence-corrected chi connectivity index (χ2v) is 4.12. The molecule has 0 saturated carbocycles. The molecule has 12 heavy (non-hydrogen) atoms. The molecule has 0 aliphatic rings. The Bertz CT molecular complexity index is 275. The highest BCUT2D eigenvalue weighted by Crippen LogP contribution is 2.23. The Morgan fingerprint density at radius 3 is 2.75 bits per heavy atom. The summed E-state index contributed by atoms with van der Waals surface area (Å²) in [4.78, 5) is 0. The zero-order chi connectivity index (χ0) is 9.14. The lowest BCUT2D eigenvalue weighted by Gasteiger charge is -2.08. The molecule has 1 radical (unpaired) electrons. The van der Waals surface area contributed by atoms with Crippen LogP contribution in [0.3, 0.4) is 0 Å². The second kappa shape index (κ2) is 4.44. The largest absolute Gasteiger partial charge is 0.396 e. The van der Waals surface area contributed by atoms with E-state index in [-0.39, 0.29) is 12.5 Å². The summed E-state index contributed by atoms with van der Waals surface area (Å²) < 4.78 is 1.02. The third kappa shape index (κ3) is 2.34. The van der Waals surface area contributed by atoms with Crippen molar-refractivity contribution in [1.82, 2.24) is 0 Å². The maximum atomic E-state index is 8.84. The van der Waals surface area contributed by atoms with Gasteiger partial charge in [0.25, 0.3) is 0 Å². The number of hydrogen-bond acceptors (Lipinski definition) is 1. The monoisotopic (exact) mass is 295 g/mol. The van der Waals surface area contributed by atoms with E-state index in [1.54, 1.807) is 0 Å². The van der Waals surface area contributed by atoms with Gasteiger partial charge in [0.15, 0.2) is 0 Å². The van der Waals surface area contributed by atoms with E-state index in [1.807, 2.05) is 18.2 Å². The molecule has 0 heterocycles. The zero-order valence-corrected chi connectivity index (χ0v) is 9.34. The fourth-order valence-electron chi connectivity index (χ4n) is 0.872. The molecule has 0 aliphatic heterocycles. The number of benzene rings is 1. The van der Waals surface area contributed by atoms with E-state index in [0.29, 0.717) is 0 Å². The summed E-state index contributed by atoms with van der Waals surface area (Å²) in [7, 11) is 0. The van der Waals surface area contributed by atoms with E-state index in [4.69, 9.17) is 16.7 Å². The summed E-state index contributed by atoms with van der Waals surface area (Å²) in [6.45, 7) is 3.84. The van der Waals surface area contributed by atoms with E-state index in [0.717, 1.165) is 14.2 Å². The van der Waals surface area contributed by atoms with Crippen molar-refractivity contribution < 1.29 is 5.11 Å². The third-order valence-electron chi connectivity index (χ3n) is 1.64. The van der Waals surface area contributed by atoms with Crippen LogP contribution in [0, 0.1) is 10.5 Å². The van der Waals surface area contributed by atoms with Crippen LogP contribution in [0.25, 0.3) is 0 Å². The average molecular weight is 296 g/mol. The number of halogens is 2. The highest BCUT2D eigenvalue weighted by Gasteiger charge is 2.05. The van der Waals surface area contributed by atoms with Crippen LogP contribution in [0.4, 0.5) is 0 Å². The molecule has 0 amide bonds. The van der Waals surface area contributed by atoms with Crippen LogP contribution in [0.15, 0.2) is 18.2 Å². The highest BCUT2D eigenvalue weighted by atomic mass is 127. The van der Waals surface area contributed by atoms with Crippen LogP contribution in [0.2, 0.25) is 5.02 Å². The summed E-state index contributed by atoms with van der Waals surface area (Å²) in [5, 5.41) is 9.56. The molecular weight excluding hydrogens is 286 g/mol. The van der Waals surface area contributed by atoms with E-state index in [1.165, 1.54) is 0 Å². The van der Waals surface area contributed by atoms with Gasteiger partial charge >= 0.3 is 0 Å². The molecule has 0 aromatic heterocycles. The van der Waals surface area contributed by atoms with Gasteiger partial charge in [-0.2, -0.15) is 0 Å². The van der Waals surface area contributed by atoms with Gasteiger partial charge < -0.3 is 5.11 Å². The Labute approximate surface area is 90.9 Å². The van der Waals surface area contributed by atoms with Crippen LogP contribution < -0.4 is 0 Å². The van der Waals surface area contributed by atoms with Crippen molar-refractivity contribution in [1.29, 1.82) is 0 Å². The summed E-state index contributed by atoms with van der Waals surface area (Å²) in [5.74, 6) is -0.0838. The van der Waals surface area contributed by atoms with Gasteiger partial charge in [0.05, 0.1) is 5.02 Å². The van der Waals surface area contributed by atoms with Crippen molar-refractivity contribution in [2.75, 3.05) is 6.61 Å². The lowest BCUT2D eigenvalue weighted by molar-refractivity contribution is 0.282. The number of aliphatic hydroxyl groups is 1. The predicted octanol–water partition coefficient (Wildman–Crippen LogP) is 2.85. The van der Waals surface area contributed by atoms with Crippen molar-refractivity contribution in [2.45, 2.75) is 5.92 Å². The van der Waals surface area contributed by atoms with Crippen LogP contribution in [0.5, 0.6) is 0 Å². The topological polar surface area (TPSA) is 20.2 Å². The van der Waals surface area contributed by atoms with Crippen LogP contribution in [-0.2, 0) is 0 Å². The average Bonchev–Trinajstić information content (AvgIpc) is 2.08. The molecule has 0 bridgehead atoms. The Morgan fingerprint density at radius 2 is 2.25 bits per heavy atom. The molecular formula is C9H9ClIO. The fraction of sp³-hybridized carbons (Fsp3) is 0.222. The Balaban J connectivity index is 2.96. The Hall–Kier alpha value is 0.200. The summed E-state index contributed by atoms with van der Waals surface area (Å²) in [6.07, 6.45) is 0. The standard InChI is InChI=1S/C9H9ClIO/c1-6(5-12)7-2-3-9(11)8(10)4-7/h2-4,6,12H,1,5H2. The number of hydrogen-bond donors (Lipinski definition) is 1. The summed E-state index contributed by atoms with van der Waals surface area (Å²) >= 11 is 8.06. The van der Waals surface area contributed by atoms with Gasteiger partial charge in [-0.05, 0) is 47.2 Å². The quantitative estimate of drug-likeness (QED) is 0.832. The van der Waals surface area contributed by atoms with Crippen molar-refractivity contribution >= 4 is 34.2 Å². The van der Waals surface area contributed by atoms with Gasteiger partial charge in [0.1, 0.15) is 0 Å². The fourth-order valence-corrected chi connectivity index (χ4v) is 1.40.